The fraction of sp³-hybridized carbons (Fsp3) is 0.188. The first-order chi connectivity index (χ1) is 10.0. The van der Waals surface area contributed by atoms with Gasteiger partial charge in [-0.1, -0.05) is 6.07 Å². The van der Waals surface area contributed by atoms with Gasteiger partial charge >= 0.3 is 5.97 Å². The summed E-state index contributed by atoms with van der Waals surface area (Å²) in [6.45, 7) is 1.34. The summed E-state index contributed by atoms with van der Waals surface area (Å²) in [7, 11) is 1.95. The van der Waals surface area contributed by atoms with Crippen LogP contribution in [0, 0.1) is 5.82 Å². The predicted molar refractivity (Wildman–Crippen MR) is 76.9 cm³/mol. The highest BCUT2D eigenvalue weighted by molar-refractivity contribution is 5.85. The Kier molecular flexibility index (Phi) is 4.90. The van der Waals surface area contributed by atoms with Crippen LogP contribution in [0.3, 0.4) is 0 Å². The highest BCUT2D eigenvalue weighted by Crippen LogP contribution is 2.15. The van der Waals surface area contributed by atoms with Crippen LogP contribution in [0.1, 0.15) is 16.7 Å². The Hall–Kier alpha value is -2.40. The molecule has 2 rings (SSSR count). The van der Waals surface area contributed by atoms with Crippen molar-refractivity contribution in [1.82, 2.24) is 4.90 Å². The predicted octanol–water partition coefficient (Wildman–Crippen LogP) is 3.15. The number of aliphatic carboxylic acids is 1. The van der Waals surface area contributed by atoms with E-state index in [2.05, 4.69) is 4.90 Å². The second-order valence-corrected chi connectivity index (χ2v) is 4.83. The highest BCUT2D eigenvalue weighted by atomic mass is 19.1. The van der Waals surface area contributed by atoms with E-state index < -0.39 is 11.8 Å². The molecule has 1 N–H and O–H groups in total. The Morgan fingerprint density at radius 1 is 1.33 bits per heavy atom. The third kappa shape index (κ3) is 4.57. The second kappa shape index (κ2) is 6.85. The number of hydrogen-bond acceptors (Lipinski definition) is 3. The molecule has 4 nitrogen and oxygen atoms in total. The van der Waals surface area contributed by atoms with Crippen LogP contribution >= 0.6 is 0 Å². The fourth-order valence-electron chi connectivity index (χ4n) is 2.04. The monoisotopic (exact) mass is 289 g/mol. The van der Waals surface area contributed by atoms with E-state index in [9.17, 15) is 9.18 Å². The van der Waals surface area contributed by atoms with E-state index in [4.69, 9.17) is 9.52 Å². The van der Waals surface area contributed by atoms with E-state index in [-0.39, 0.29) is 5.56 Å². The van der Waals surface area contributed by atoms with Crippen LogP contribution in [-0.4, -0.2) is 23.0 Å². The summed E-state index contributed by atoms with van der Waals surface area (Å²) in [5.41, 5.74) is 2.24. The van der Waals surface area contributed by atoms with Gasteiger partial charge in [-0.2, -0.15) is 0 Å². The molecule has 0 amide bonds. The SMILES string of the molecule is CN(Cc1ccoc1)Cc1ccc(F)c(C=CC(=O)O)c1. The van der Waals surface area contributed by atoms with Gasteiger partial charge in [0.25, 0.3) is 0 Å². The summed E-state index contributed by atoms with van der Waals surface area (Å²) >= 11 is 0. The van der Waals surface area contributed by atoms with Gasteiger partial charge in [0.2, 0.25) is 0 Å². The molecule has 0 aliphatic rings. The standard InChI is InChI=1S/C16H16FNO3/c1-18(10-13-6-7-21-11-13)9-12-2-4-15(17)14(8-12)3-5-16(19)20/h2-8,11H,9-10H2,1H3,(H,19,20). The maximum Gasteiger partial charge on any atom is 0.328 e. The van der Waals surface area contributed by atoms with Crippen molar-refractivity contribution in [3.8, 4) is 0 Å². The van der Waals surface area contributed by atoms with Gasteiger partial charge in [0.05, 0.1) is 12.5 Å². The molecular weight excluding hydrogens is 273 g/mol. The second-order valence-electron chi connectivity index (χ2n) is 4.83. The highest BCUT2D eigenvalue weighted by Gasteiger charge is 2.06. The molecule has 0 fully saturated rings. The Balaban J connectivity index is 2.06. The van der Waals surface area contributed by atoms with Gasteiger partial charge in [-0.25, -0.2) is 9.18 Å². The minimum Gasteiger partial charge on any atom is -0.478 e. The van der Waals surface area contributed by atoms with Crippen molar-refractivity contribution >= 4 is 12.0 Å². The third-order valence-corrected chi connectivity index (χ3v) is 2.95. The number of benzene rings is 1. The summed E-state index contributed by atoms with van der Waals surface area (Å²) in [5.74, 6) is -1.54. The fourth-order valence-corrected chi connectivity index (χ4v) is 2.04. The molecule has 110 valence electrons. The van der Waals surface area contributed by atoms with E-state index in [1.165, 1.54) is 12.1 Å². The molecular formula is C16H16FNO3. The Labute approximate surface area is 122 Å². The van der Waals surface area contributed by atoms with Crippen LogP contribution in [0.15, 0.2) is 47.3 Å². The maximum atomic E-state index is 13.6. The molecule has 2 aromatic rings. The molecule has 0 aliphatic carbocycles. The molecule has 0 atom stereocenters. The quantitative estimate of drug-likeness (QED) is 0.830. The lowest BCUT2D eigenvalue weighted by Gasteiger charge is -2.16. The van der Waals surface area contributed by atoms with Gasteiger partial charge in [-0.15, -0.1) is 0 Å². The normalized spacial score (nSPS) is 11.4. The van der Waals surface area contributed by atoms with Crippen LogP contribution in [0.4, 0.5) is 4.39 Å². The van der Waals surface area contributed by atoms with Gasteiger partial charge in [0.1, 0.15) is 5.82 Å². The largest absolute Gasteiger partial charge is 0.478 e. The average molecular weight is 289 g/mol. The van der Waals surface area contributed by atoms with Crippen LogP contribution in [0.25, 0.3) is 6.08 Å². The van der Waals surface area contributed by atoms with Gasteiger partial charge in [-0.05, 0) is 36.9 Å². The lowest BCUT2D eigenvalue weighted by molar-refractivity contribution is -0.131. The van der Waals surface area contributed by atoms with Crippen LogP contribution in [0.2, 0.25) is 0 Å². The molecule has 0 unspecified atom stereocenters. The molecule has 0 bridgehead atoms. The Morgan fingerprint density at radius 3 is 2.76 bits per heavy atom. The van der Waals surface area contributed by atoms with Crippen molar-refractivity contribution in [3.05, 3.63) is 65.4 Å². The van der Waals surface area contributed by atoms with Gasteiger partial charge in [-0.3, -0.25) is 4.90 Å². The number of halogens is 1. The molecule has 1 heterocycles. The number of rotatable bonds is 6. The van der Waals surface area contributed by atoms with Gasteiger partial charge in [0, 0.05) is 30.3 Å². The van der Waals surface area contributed by atoms with E-state index in [1.54, 1.807) is 24.7 Å². The van der Waals surface area contributed by atoms with Crippen molar-refractivity contribution in [2.45, 2.75) is 13.1 Å². The van der Waals surface area contributed by atoms with Gasteiger partial charge in [0.15, 0.2) is 0 Å². The van der Waals surface area contributed by atoms with Crippen molar-refractivity contribution in [2.75, 3.05) is 7.05 Å². The summed E-state index contributed by atoms with van der Waals surface area (Å²) in [6, 6.07) is 6.59. The number of carbonyl (C=O) groups is 1. The maximum absolute atomic E-state index is 13.6. The lowest BCUT2D eigenvalue weighted by atomic mass is 10.1. The number of hydrogen-bond donors (Lipinski definition) is 1. The van der Waals surface area contributed by atoms with E-state index >= 15 is 0 Å². The van der Waals surface area contributed by atoms with E-state index in [0.29, 0.717) is 13.1 Å². The molecule has 1 aromatic carbocycles. The zero-order valence-electron chi connectivity index (χ0n) is 11.6. The smallest absolute Gasteiger partial charge is 0.328 e. The Bertz CT molecular complexity index is 635. The summed E-state index contributed by atoms with van der Waals surface area (Å²) in [6.07, 6.45) is 5.49. The van der Waals surface area contributed by atoms with Crippen molar-refractivity contribution < 1.29 is 18.7 Å². The topological polar surface area (TPSA) is 53.7 Å². The first-order valence-corrected chi connectivity index (χ1v) is 6.43. The molecule has 0 saturated carbocycles. The van der Waals surface area contributed by atoms with Crippen LogP contribution in [-0.2, 0) is 17.9 Å². The lowest BCUT2D eigenvalue weighted by Crippen LogP contribution is -2.16. The van der Waals surface area contributed by atoms with Crippen molar-refractivity contribution in [2.24, 2.45) is 0 Å². The van der Waals surface area contributed by atoms with E-state index in [0.717, 1.165) is 17.2 Å². The molecule has 5 heteroatoms. The molecule has 0 aliphatic heterocycles. The van der Waals surface area contributed by atoms with Crippen LogP contribution < -0.4 is 0 Å². The Morgan fingerprint density at radius 2 is 2.10 bits per heavy atom. The minimum atomic E-state index is -1.10. The average Bonchev–Trinajstić information content (AvgIpc) is 2.92. The third-order valence-electron chi connectivity index (χ3n) is 2.95. The molecule has 0 saturated heterocycles. The molecule has 21 heavy (non-hydrogen) atoms. The summed E-state index contributed by atoms with van der Waals surface area (Å²) < 4.78 is 18.6. The van der Waals surface area contributed by atoms with E-state index in [1.807, 2.05) is 13.1 Å². The number of furan rings is 1. The number of carboxylic acid groups (broad SMARTS) is 1. The summed E-state index contributed by atoms with van der Waals surface area (Å²) in [4.78, 5) is 12.6. The number of carboxylic acids is 1. The van der Waals surface area contributed by atoms with Gasteiger partial charge < -0.3 is 9.52 Å². The zero-order chi connectivity index (χ0) is 15.2. The van der Waals surface area contributed by atoms with Crippen LogP contribution in [0.5, 0.6) is 0 Å². The first kappa shape index (κ1) is 15.0. The zero-order valence-corrected chi connectivity index (χ0v) is 11.6. The molecule has 0 radical (unpaired) electrons. The molecule has 1 aromatic heterocycles. The summed E-state index contributed by atoms with van der Waals surface area (Å²) in [5, 5.41) is 8.60. The van der Waals surface area contributed by atoms with Crippen molar-refractivity contribution in [3.63, 3.8) is 0 Å². The first-order valence-electron chi connectivity index (χ1n) is 6.43. The molecule has 0 spiro atoms. The number of nitrogens with zero attached hydrogens (tertiary/aromatic N) is 1. The van der Waals surface area contributed by atoms with Crippen molar-refractivity contribution in [1.29, 1.82) is 0 Å². The minimum absolute atomic E-state index is 0.270.